The summed E-state index contributed by atoms with van der Waals surface area (Å²) in [6.07, 6.45) is 0.295. The van der Waals surface area contributed by atoms with Gasteiger partial charge in [0.05, 0.1) is 16.8 Å². The minimum atomic E-state index is -3.57. The third-order valence-corrected chi connectivity index (χ3v) is 7.49. The Balaban J connectivity index is 2.10. The average Bonchev–Trinajstić information content (AvgIpc) is 2.38. The third-order valence-electron chi connectivity index (χ3n) is 3.74. The molecule has 1 aliphatic rings. The molecule has 1 aromatic carbocycles. The predicted molar refractivity (Wildman–Crippen MR) is 83.0 cm³/mol. The zero-order valence-electron chi connectivity index (χ0n) is 11.8. The first-order valence-electron chi connectivity index (χ1n) is 6.77. The van der Waals surface area contributed by atoms with Crippen molar-refractivity contribution in [3.8, 4) is 0 Å². The predicted octanol–water partition coefficient (Wildman–Crippen LogP) is 0.826. The molecule has 0 amide bonds. The Hall–Kier alpha value is -1.12. The molecular weight excluding hydrogens is 312 g/mol. The van der Waals surface area contributed by atoms with Gasteiger partial charge in [-0.15, -0.1) is 0 Å². The van der Waals surface area contributed by atoms with Crippen LogP contribution in [0.4, 0.5) is 5.69 Å². The number of rotatable bonds is 4. The molecule has 6 nitrogen and oxygen atoms in total. The molecule has 1 aromatic rings. The highest BCUT2D eigenvalue weighted by atomic mass is 32.2. The van der Waals surface area contributed by atoms with Crippen molar-refractivity contribution in [3.05, 3.63) is 29.8 Å². The number of benzene rings is 1. The number of hydrogen-bond acceptors (Lipinski definition) is 5. The molecule has 2 rings (SSSR count). The van der Waals surface area contributed by atoms with Gasteiger partial charge in [-0.25, -0.2) is 21.6 Å². The largest absolute Gasteiger partial charge is 0.398 e. The monoisotopic (exact) mass is 332 g/mol. The minimum absolute atomic E-state index is 0.0690. The van der Waals surface area contributed by atoms with E-state index in [0.29, 0.717) is 11.3 Å². The van der Waals surface area contributed by atoms with Gasteiger partial charge < -0.3 is 5.73 Å². The summed E-state index contributed by atoms with van der Waals surface area (Å²) in [7, 11) is -6.64. The van der Waals surface area contributed by atoms with Crippen LogP contribution in [0.1, 0.15) is 31.4 Å². The van der Waals surface area contributed by atoms with Crippen molar-refractivity contribution in [2.45, 2.75) is 31.1 Å². The molecule has 0 aliphatic carbocycles. The van der Waals surface area contributed by atoms with Crippen molar-refractivity contribution in [1.82, 2.24) is 4.72 Å². The van der Waals surface area contributed by atoms with Crippen LogP contribution in [0.5, 0.6) is 0 Å². The second-order valence-electron chi connectivity index (χ2n) is 5.36. The molecule has 8 heteroatoms. The molecule has 0 saturated carbocycles. The molecule has 0 radical (unpaired) electrons. The summed E-state index contributed by atoms with van der Waals surface area (Å²) in [5, 5.41) is -0.659. The van der Waals surface area contributed by atoms with Gasteiger partial charge >= 0.3 is 0 Å². The van der Waals surface area contributed by atoms with Crippen LogP contribution in [-0.4, -0.2) is 33.6 Å². The lowest BCUT2D eigenvalue weighted by atomic mass is 10.1. The molecule has 0 aromatic heterocycles. The Kier molecular flexibility index (Phi) is 4.60. The van der Waals surface area contributed by atoms with Crippen LogP contribution < -0.4 is 10.5 Å². The van der Waals surface area contributed by atoms with Crippen molar-refractivity contribution in [1.29, 1.82) is 0 Å². The number of hydrogen-bond donors (Lipinski definition) is 2. The lowest BCUT2D eigenvalue weighted by molar-refractivity contribution is 0.533. The van der Waals surface area contributed by atoms with Crippen LogP contribution in [0.15, 0.2) is 24.3 Å². The van der Waals surface area contributed by atoms with Gasteiger partial charge in [0.25, 0.3) is 0 Å². The minimum Gasteiger partial charge on any atom is -0.398 e. The maximum atomic E-state index is 12.3. The molecule has 1 aliphatic heterocycles. The molecule has 0 bridgehead atoms. The standard InChI is InChI=1S/C13H20N2O4S2/c1-10(12-4-2-3-5-13(12)14)15-21(18,19)11-6-8-20(16,17)9-7-11/h2-5,10-11,15H,6-9,14H2,1H3. The van der Waals surface area contributed by atoms with Crippen LogP contribution >= 0.6 is 0 Å². The first-order valence-corrected chi connectivity index (χ1v) is 10.1. The molecule has 1 unspecified atom stereocenters. The van der Waals surface area contributed by atoms with E-state index >= 15 is 0 Å². The Morgan fingerprint density at radius 3 is 2.38 bits per heavy atom. The van der Waals surface area contributed by atoms with E-state index in [2.05, 4.69) is 4.72 Å². The topological polar surface area (TPSA) is 106 Å². The maximum Gasteiger partial charge on any atom is 0.215 e. The summed E-state index contributed by atoms with van der Waals surface area (Å²) in [5.41, 5.74) is 7.08. The van der Waals surface area contributed by atoms with Gasteiger partial charge in [-0.3, -0.25) is 0 Å². The number of sulfone groups is 1. The molecule has 118 valence electrons. The SMILES string of the molecule is CC(NS(=O)(=O)C1CCS(=O)(=O)CC1)c1ccccc1N. The second kappa shape index (κ2) is 5.94. The molecule has 21 heavy (non-hydrogen) atoms. The molecule has 1 saturated heterocycles. The van der Waals surface area contributed by atoms with Crippen LogP contribution in [0.25, 0.3) is 0 Å². The van der Waals surface area contributed by atoms with E-state index in [9.17, 15) is 16.8 Å². The van der Waals surface area contributed by atoms with Gasteiger partial charge in [-0.2, -0.15) is 0 Å². The van der Waals surface area contributed by atoms with E-state index < -0.39 is 31.2 Å². The van der Waals surface area contributed by atoms with Gasteiger partial charge in [0.15, 0.2) is 0 Å². The highest BCUT2D eigenvalue weighted by Gasteiger charge is 2.33. The first kappa shape index (κ1) is 16.3. The fourth-order valence-electron chi connectivity index (χ4n) is 2.49. The maximum absolute atomic E-state index is 12.3. The van der Waals surface area contributed by atoms with Crippen molar-refractivity contribution < 1.29 is 16.8 Å². The first-order chi connectivity index (χ1) is 9.71. The number of nitrogen functional groups attached to an aromatic ring is 1. The van der Waals surface area contributed by atoms with Gasteiger partial charge in [-0.05, 0) is 31.4 Å². The van der Waals surface area contributed by atoms with E-state index in [1.54, 1.807) is 31.2 Å². The summed E-state index contributed by atoms with van der Waals surface area (Å²) < 4.78 is 50.1. The molecule has 3 N–H and O–H groups in total. The summed E-state index contributed by atoms with van der Waals surface area (Å²) >= 11 is 0. The number of para-hydroxylation sites is 1. The van der Waals surface area contributed by atoms with Crippen molar-refractivity contribution in [3.63, 3.8) is 0 Å². The van der Waals surface area contributed by atoms with Crippen molar-refractivity contribution >= 4 is 25.5 Å². The smallest absolute Gasteiger partial charge is 0.215 e. The molecule has 1 atom stereocenters. The Morgan fingerprint density at radius 1 is 1.24 bits per heavy atom. The molecule has 1 fully saturated rings. The number of nitrogens with two attached hydrogens (primary N) is 1. The second-order valence-corrected chi connectivity index (χ2v) is 9.66. The van der Waals surface area contributed by atoms with Crippen LogP contribution in [-0.2, 0) is 19.9 Å². The fourth-order valence-corrected chi connectivity index (χ4v) is 5.95. The third kappa shape index (κ3) is 3.96. The van der Waals surface area contributed by atoms with Crippen LogP contribution in [0.2, 0.25) is 0 Å². The summed E-state index contributed by atoms with van der Waals surface area (Å²) in [5.74, 6) is -0.138. The molecular formula is C13H20N2O4S2. The average molecular weight is 332 g/mol. The Morgan fingerprint density at radius 2 is 1.81 bits per heavy atom. The van der Waals surface area contributed by atoms with E-state index in [0.717, 1.165) is 0 Å². The zero-order valence-corrected chi connectivity index (χ0v) is 13.5. The van der Waals surface area contributed by atoms with Gasteiger partial charge in [0.2, 0.25) is 10.0 Å². The summed E-state index contributed by atoms with van der Waals surface area (Å²) in [6, 6.07) is 6.62. The van der Waals surface area contributed by atoms with E-state index in [4.69, 9.17) is 5.73 Å². The highest BCUT2D eigenvalue weighted by Crippen LogP contribution is 2.24. The zero-order chi connectivity index (χ0) is 15.7. The number of anilines is 1. The van der Waals surface area contributed by atoms with E-state index in [-0.39, 0.29) is 24.3 Å². The van der Waals surface area contributed by atoms with Gasteiger partial charge in [0.1, 0.15) is 9.84 Å². The van der Waals surface area contributed by atoms with Crippen LogP contribution in [0, 0.1) is 0 Å². The highest BCUT2D eigenvalue weighted by molar-refractivity contribution is 7.92. The summed E-state index contributed by atoms with van der Waals surface area (Å²) in [4.78, 5) is 0. The number of nitrogens with one attached hydrogen (secondary N) is 1. The van der Waals surface area contributed by atoms with Crippen molar-refractivity contribution in [2.75, 3.05) is 17.2 Å². The van der Waals surface area contributed by atoms with Crippen LogP contribution in [0.3, 0.4) is 0 Å². The van der Waals surface area contributed by atoms with Gasteiger partial charge in [0, 0.05) is 11.7 Å². The molecule has 0 spiro atoms. The van der Waals surface area contributed by atoms with E-state index in [1.807, 2.05) is 0 Å². The van der Waals surface area contributed by atoms with Crippen molar-refractivity contribution in [2.24, 2.45) is 0 Å². The lowest BCUT2D eigenvalue weighted by Crippen LogP contribution is -2.40. The summed E-state index contributed by atoms with van der Waals surface area (Å²) in [6.45, 7) is 1.73. The van der Waals surface area contributed by atoms with E-state index in [1.165, 1.54) is 0 Å². The quantitative estimate of drug-likeness (QED) is 0.794. The number of sulfonamides is 1. The van der Waals surface area contributed by atoms with Gasteiger partial charge in [-0.1, -0.05) is 18.2 Å². The Bertz CT molecular complexity index is 699. The molecule has 1 heterocycles. The fraction of sp³-hybridized carbons (Fsp3) is 0.538. The normalized spacial score (nSPS) is 21.0. The Labute approximate surface area is 125 Å². The lowest BCUT2D eigenvalue weighted by Gasteiger charge is -2.25.